The lowest BCUT2D eigenvalue weighted by atomic mass is 10.2. The average molecular weight is 258 g/mol. The van der Waals surface area contributed by atoms with Crippen LogP contribution in [0.15, 0.2) is 42.6 Å². The average Bonchev–Trinajstić information content (AvgIpc) is 2.40. The van der Waals surface area contributed by atoms with Gasteiger partial charge in [0.2, 0.25) is 0 Å². The van der Waals surface area contributed by atoms with Gasteiger partial charge < -0.3 is 4.74 Å². The van der Waals surface area contributed by atoms with Gasteiger partial charge in [0.25, 0.3) is 5.69 Å². The number of carbonyl (C=O) groups is 1. The number of nitro benzene ring substituents is 1. The van der Waals surface area contributed by atoms with Crippen molar-refractivity contribution < 1.29 is 14.5 Å². The van der Waals surface area contributed by atoms with Gasteiger partial charge in [-0.25, -0.2) is 4.79 Å². The second-order valence-electron chi connectivity index (χ2n) is 3.83. The normalized spacial score (nSPS) is 9.95. The van der Waals surface area contributed by atoms with Gasteiger partial charge >= 0.3 is 5.97 Å². The van der Waals surface area contributed by atoms with Crippen molar-refractivity contribution in [2.24, 2.45) is 0 Å². The van der Waals surface area contributed by atoms with Crippen LogP contribution in [0, 0.1) is 17.0 Å². The quantitative estimate of drug-likeness (QED) is 0.365. The second kappa shape index (κ2) is 5.26. The zero-order chi connectivity index (χ0) is 13.8. The Labute approximate surface area is 108 Å². The van der Waals surface area contributed by atoms with E-state index in [9.17, 15) is 14.9 Å². The van der Waals surface area contributed by atoms with Crippen molar-refractivity contribution in [3.8, 4) is 5.75 Å². The molecule has 0 aliphatic heterocycles. The molecular weight excluding hydrogens is 248 g/mol. The molecule has 0 fully saturated rings. The molecule has 2 aromatic rings. The Morgan fingerprint density at radius 1 is 1.21 bits per heavy atom. The number of esters is 1. The van der Waals surface area contributed by atoms with E-state index in [0.29, 0.717) is 5.56 Å². The van der Waals surface area contributed by atoms with Crippen molar-refractivity contribution in [1.82, 2.24) is 4.98 Å². The summed E-state index contributed by atoms with van der Waals surface area (Å²) in [6, 6.07) is 8.60. The van der Waals surface area contributed by atoms with E-state index >= 15 is 0 Å². The highest BCUT2D eigenvalue weighted by Crippen LogP contribution is 2.18. The Morgan fingerprint density at radius 2 is 1.89 bits per heavy atom. The molecule has 0 N–H and O–H groups in total. The molecule has 0 spiro atoms. The Morgan fingerprint density at radius 3 is 2.42 bits per heavy atom. The van der Waals surface area contributed by atoms with Crippen molar-refractivity contribution in [3.63, 3.8) is 0 Å². The van der Waals surface area contributed by atoms with Crippen LogP contribution in [0.5, 0.6) is 5.75 Å². The molecule has 6 nitrogen and oxygen atoms in total. The van der Waals surface area contributed by atoms with Crippen LogP contribution in [-0.4, -0.2) is 15.9 Å². The van der Waals surface area contributed by atoms with Gasteiger partial charge in [0, 0.05) is 24.0 Å². The molecule has 0 aliphatic rings. The first-order chi connectivity index (χ1) is 9.06. The number of hydrogen-bond acceptors (Lipinski definition) is 5. The minimum absolute atomic E-state index is 0.0585. The first-order valence-corrected chi connectivity index (χ1v) is 5.45. The molecule has 0 amide bonds. The fourth-order valence-corrected chi connectivity index (χ4v) is 1.39. The molecule has 1 heterocycles. The minimum Gasteiger partial charge on any atom is -0.423 e. The van der Waals surface area contributed by atoms with Crippen LogP contribution in [0.3, 0.4) is 0 Å². The van der Waals surface area contributed by atoms with Gasteiger partial charge in [-0.3, -0.25) is 15.1 Å². The Hall–Kier alpha value is -2.76. The van der Waals surface area contributed by atoms with Crippen molar-refractivity contribution >= 4 is 11.7 Å². The number of aromatic nitrogens is 1. The predicted octanol–water partition coefficient (Wildman–Crippen LogP) is 2.52. The molecule has 1 aromatic heterocycles. The molecule has 2 rings (SSSR count). The molecule has 0 saturated heterocycles. The van der Waals surface area contributed by atoms with E-state index in [0.717, 1.165) is 5.69 Å². The van der Waals surface area contributed by atoms with Crippen LogP contribution < -0.4 is 4.74 Å². The molecule has 0 unspecified atom stereocenters. The first-order valence-electron chi connectivity index (χ1n) is 5.45. The highest BCUT2D eigenvalue weighted by Gasteiger charge is 2.10. The van der Waals surface area contributed by atoms with Crippen molar-refractivity contribution in [2.45, 2.75) is 6.92 Å². The van der Waals surface area contributed by atoms with E-state index < -0.39 is 10.9 Å². The number of non-ortho nitro benzene ring substituents is 1. The molecule has 0 aliphatic carbocycles. The Bertz CT molecular complexity index is 606. The third-order valence-electron chi connectivity index (χ3n) is 2.41. The van der Waals surface area contributed by atoms with E-state index in [4.69, 9.17) is 4.74 Å². The number of aryl methyl sites for hydroxylation is 1. The summed E-state index contributed by atoms with van der Waals surface area (Å²) in [6.07, 6.45) is 1.42. The third-order valence-corrected chi connectivity index (χ3v) is 2.41. The van der Waals surface area contributed by atoms with E-state index in [1.807, 2.05) is 6.92 Å². The molecule has 19 heavy (non-hydrogen) atoms. The summed E-state index contributed by atoms with van der Waals surface area (Å²) in [7, 11) is 0. The minimum atomic E-state index is -0.554. The zero-order valence-electron chi connectivity index (χ0n) is 10.1. The second-order valence-corrected chi connectivity index (χ2v) is 3.83. The molecular formula is C13H10N2O4. The van der Waals surface area contributed by atoms with Gasteiger partial charge in [0.05, 0.1) is 10.5 Å². The molecule has 1 aromatic carbocycles. The monoisotopic (exact) mass is 258 g/mol. The van der Waals surface area contributed by atoms with Crippen LogP contribution in [0.2, 0.25) is 0 Å². The summed E-state index contributed by atoms with van der Waals surface area (Å²) in [5, 5.41) is 10.5. The highest BCUT2D eigenvalue weighted by molar-refractivity contribution is 5.90. The van der Waals surface area contributed by atoms with Gasteiger partial charge in [-0.2, -0.15) is 0 Å². The molecule has 0 radical (unpaired) electrons. The van der Waals surface area contributed by atoms with Gasteiger partial charge in [-0.1, -0.05) is 0 Å². The lowest BCUT2D eigenvalue weighted by molar-refractivity contribution is -0.384. The standard InChI is InChI=1S/C13H10N2O4/c1-9-2-3-10(8-14-9)13(16)19-12-6-4-11(5-7-12)15(17)18/h2-8H,1H3. The SMILES string of the molecule is Cc1ccc(C(=O)Oc2ccc([N+](=O)[O-])cc2)cn1. The summed E-state index contributed by atoms with van der Waals surface area (Å²) >= 11 is 0. The van der Waals surface area contributed by atoms with Gasteiger partial charge in [0.1, 0.15) is 5.75 Å². The van der Waals surface area contributed by atoms with Crippen molar-refractivity contribution in [1.29, 1.82) is 0 Å². The predicted molar refractivity (Wildman–Crippen MR) is 67.0 cm³/mol. The summed E-state index contributed by atoms with van der Waals surface area (Å²) < 4.78 is 5.07. The highest BCUT2D eigenvalue weighted by atomic mass is 16.6. The summed E-state index contributed by atoms with van der Waals surface area (Å²) in [6.45, 7) is 1.81. The van der Waals surface area contributed by atoms with Crippen LogP contribution >= 0.6 is 0 Å². The zero-order valence-corrected chi connectivity index (χ0v) is 10.1. The molecule has 6 heteroatoms. The van der Waals surface area contributed by atoms with Gasteiger partial charge in [0.15, 0.2) is 0 Å². The summed E-state index contributed by atoms with van der Waals surface area (Å²) in [5.41, 5.74) is 1.06. The van der Waals surface area contributed by atoms with Crippen LogP contribution in [0.4, 0.5) is 5.69 Å². The maximum atomic E-state index is 11.7. The van der Waals surface area contributed by atoms with E-state index in [1.54, 1.807) is 12.1 Å². The van der Waals surface area contributed by atoms with E-state index in [2.05, 4.69) is 4.98 Å². The van der Waals surface area contributed by atoms with Crippen molar-refractivity contribution in [3.05, 3.63) is 64.0 Å². The van der Waals surface area contributed by atoms with Gasteiger partial charge in [-0.05, 0) is 31.2 Å². The fraction of sp³-hybridized carbons (Fsp3) is 0.0769. The number of ether oxygens (including phenoxy) is 1. The number of nitrogens with zero attached hydrogens (tertiary/aromatic N) is 2. The Kier molecular flexibility index (Phi) is 3.51. The smallest absolute Gasteiger partial charge is 0.345 e. The van der Waals surface area contributed by atoms with Crippen molar-refractivity contribution in [2.75, 3.05) is 0 Å². The molecule has 0 bridgehead atoms. The number of hydrogen-bond donors (Lipinski definition) is 0. The molecule has 0 saturated carbocycles. The lowest BCUT2D eigenvalue weighted by Crippen LogP contribution is -2.08. The summed E-state index contributed by atoms with van der Waals surface area (Å²) in [4.78, 5) is 25.7. The van der Waals surface area contributed by atoms with E-state index in [1.165, 1.54) is 30.5 Å². The topological polar surface area (TPSA) is 82.3 Å². The van der Waals surface area contributed by atoms with E-state index in [-0.39, 0.29) is 11.4 Å². The summed E-state index contributed by atoms with van der Waals surface area (Å²) in [5.74, 6) is -0.308. The maximum absolute atomic E-state index is 11.7. The van der Waals surface area contributed by atoms with Crippen LogP contribution in [-0.2, 0) is 0 Å². The number of rotatable bonds is 3. The first kappa shape index (κ1) is 12.7. The number of pyridine rings is 1. The number of nitro groups is 1. The molecule has 0 atom stereocenters. The molecule has 96 valence electrons. The maximum Gasteiger partial charge on any atom is 0.345 e. The van der Waals surface area contributed by atoms with Crippen LogP contribution in [0.25, 0.3) is 0 Å². The Balaban J connectivity index is 2.10. The third kappa shape index (κ3) is 3.12. The fourth-order valence-electron chi connectivity index (χ4n) is 1.39. The van der Waals surface area contributed by atoms with Gasteiger partial charge in [-0.15, -0.1) is 0 Å². The van der Waals surface area contributed by atoms with Crippen LogP contribution in [0.1, 0.15) is 16.1 Å². The lowest BCUT2D eigenvalue weighted by Gasteiger charge is -2.03. The number of benzene rings is 1. The largest absolute Gasteiger partial charge is 0.423 e. The number of carbonyl (C=O) groups excluding carboxylic acids is 1.